The van der Waals surface area contributed by atoms with E-state index in [4.69, 9.17) is 27.4 Å². The Balaban J connectivity index is 1.04. The molecular formula is C44H51ClN10O3S. The molecule has 1 fully saturated rings. The summed E-state index contributed by atoms with van der Waals surface area (Å²) in [5.74, 6) is 6.68. The number of aliphatic imine (C=N–C) groups is 1. The molecule has 2 aliphatic rings. The second-order valence-electron chi connectivity index (χ2n) is 14.9. The van der Waals surface area contributed by atoms with E-state index in [-0.39, 0.29) is 30.8 Å². The van der Waals surface area contributed by atoms with Crippen LogP contribution in [0.25, 0.3) is 0 Å². The number of nitrogens with one attached hydrogen (secondary N) is 4. The third-order valence-electron chi connectivity index (χ3n) is 10.8. The minimum Gasteiger partial charge on any atom is -0.382 e. The second-order valence-corrected chi connectivity index (χ2v) is 16.4. The zero-order chi connectivity index (χ0) is 42.1. The summed E-state index contributed by atoms with van der Waals surface area (Å²) in [5.41, 5.74) is 7.28. The Morgan fingerprint density at radius 2 is 1.88 bits per heavy atom. The van der Waals surface area contributed by atoms with Crippen LogP contribution in [0.5, 0.6) is 0 Å². The van der Waals surface area contributed by atoms with Crippen LogP contribution in [0.1, 0.15) is 84.2 Å². The lowest BCUT2D eigenvalue weighted by molar-refractivity contribution is -0.135. The lowest BCUT2D eigenvalue weighted by atomic mass is 9.99. The van der Waals surface area contributed by atoms with E-state index >= 15 is 0 Å². The fourth-order valence-electron chi connectivity index (χ4n) is 7.66. The molecule has 15 heteroatoms. The molecule has 0 aliphatic carbocycles. The number of likely N-dealkylation sites (tertiary alicyclic amines) is 1. The van der Waals surface area contributed by atoms with Gasteiger partial charge in [-0.15, -0.1) is 11.3 Å². The molecule has 2 aliphatic heterocycles. The van der Waals surface area contributed by atoms with Crippen LogP contribution >= 0.6 is 22.9 Å². The lowest BCUT2D eigenvalue weighted by Gasteiger charge is -2.34. The third kappa shape index (κ3) is 10.3. The number of imide groups is 1. The van der Waals surface area contributed by atoms with Crippen molar-refractivity contribution in [2.45, 2.75) is 85.0 Å². The standard InChI is InChI=1S/C44H51ClN10O3S/c1-5-8-38(43(58)49-27-56)53(28-57)26-36-29(2)9-6-10-37(36)51-35-17-21-52(22-18-35)19-7-20-54-25-32(23-50-54)11-16-39-30(3)41-42(33-12-14-34(45)15-13-33)48-24-40(47)55(31(4)46)44(41)59-39/h6,9-10,12-15,23,25,27-28,35,38,46-47,51H,5,7-8,17-22,24,26H2,1-4H3,(H,49,56,58). The summed E-state index contributed by atoms with van der Waals surface area (Å²) >= 11 is 7.66. The first kappa shape index (κ1) is 43.0. The van der Waals surface area contributed by atoms with Gasteiger partial charge in [0.05, 0.1) is 28.9 Å². The van der Waals surface area contributed by atoms with Crippen molar-refractivity contribution in [1.29, 1.82) is 10.8 Å². The first-order valence-electron chi connectivity index (χ1n) is 19.9. The topological polar surface area (TPSA) is 163 Å². The van der Waals surface area contributed by atoms with Crippen LogP contribution in [-0.2, 0) is 27.5 Å². The van der Waals surface area contributed by atoms with Gasteiger partial charge in [0.25, 0.3) is 0 Å². The van der Waals surface area contributed by atoms with Gasteiger partial charge >= 0.3 is 0 Å². The van der Waals surface area contributed by atoms with Crippen LogP contribution < -0.4 is 15.5 Å². The molecule has 308 valence electrons. The van der Waals surface area contributed by atoms with Crippen LogP contribution in [0.3, 0.4) is 0 Å². The van der Waals surface area contributed by atoms with Crippen molar-refractivity contribution in [3.63, 3.8) is 0 Å². The molecule has 0 radical (unpaired) electrons. The number of aryl methyl sites for hydroxylation is 2. The number of carbonyl (C=O) groups excluding carboxylic acids is 3. The van der Waals surface area contributed by atoms with Gasteiger partial charge in [-0.2, -0.15) is 5.10 Å². The van der Waals surface area contributed by atoms with Crippen molar-refractivity contribution in [3.8, 4) is 11.8 Å². The van der Waals surface area contributed by atoms with Crippen molar-refractivity contribution in [3.05, 3.63) is 98.1 Å². The highest BCUT2D eigenvalue weighted by molar-refractivity contribution is 7.17. The molecule has 0 bridgehead atoms. The molecule has 1 saturated heterocycles. The normalized spacial score (nSPS) is 15.0. The largest absolute Gasteiger partial charge is 0.382 e. The third-order valence-corrected chi connectivity index (χ3v) is 12.2. The van der Waals surface area contributed by atoms with Gasteiger partial charge in [-0.05, 0) is 87.9 Å². The summed E-state index contributed by atoms with van der Waals surface area (Å²) in [6.45, 7) is 11.7. The van der Waals surface area contributed by atoms with Gasteiger partial charge in [0.2, 0.25) is 18.7 Å². The first-order chi connectivity index (χ1) is 28.5. The number of aromatic nitrogens is 2. The van der Waals surface area contributed by atoms with E-state index in [0.29, 0.717) is 30.7 Å². The number of piperidine rings is 1. The smallest absolute Gasteiger partial charge is 0.249 e. The molecule has 1 atom stereocenters. The van der Waals surface area contributed by atoms with Gasteiger partial charge in [0.1, 0.15) is 22.7 Å². The number of carbonyl (C=O) groups is 3. The molecule has 13 nitrogen and oxygen atoms in total. The van der Waals surface area contributed by atoms with Gasteiger partial charge in [-0.25, -0.2) is 0 Å². The Labute approximate surface area is 354 Å². The summed E-state index contributed by atoms with van der Waals surface area (Å²) in [6, 6.07) is 13.1. The van der Waals surface area contributed by atoms with Crippen LogP contribution in [0.2, 0.25) is 5.02 Å². The minimum absolute atomic E-state index is 0.165. The molecule has 0 spiro atoms. The van der Waals surface area contributed by atoms with Crippen molar-refractivity contribution < 1.29 is 14.4 Å². The molecule has 4 aromatic rings. The average Bonchev–Trinajstić information content (AvgIpc) is 3.76. The van der Waals surface area contributed by atoms with Crippen LogP contribution in [0.15, 0.2) is 59.9 Å². The summed E-state index contributed by atoms with van der Waals surface area (Å²) in [6.07, 6.45) is 8.89. The minimum atomic E-state index is -0.723. The average molecular weight is 835 g/mol. The number of halogens is 1. The molecule has 3 amide bonds. The van der Waals surface area contributed by atoms with Crippen LogP contribution in [0.4, 0.5) is 10.7 Å². The highest BCUT2D eigenvalue weighted by atomic mass is 35.5. The molecule has 4 N–H and O–H groups in total. The second kappa shape index (κ2) is 19.9. The fraction of sp³-hybridized carbons (Fsp3) is 0.386. The van der Waals surface area contributed by atoms with Crippen molar-refractivity contribution in [2.24, 2.45) is 4.99 Å². The number of nitrogens with zero attached hydrogens (tertiary/aromatic N) is 6. The highest BCUT2D eigenvalue weighted by Crippen LogP contribution is 2.39. The van der Waals surface area contributed by atoms with E-state index in [0.717, 1.165) is 100 Å². The van der Waals surface area contributed by atoms with E-state index in [9.17, 15) is 14.4 Å². The number of fused-ring (bicyclic) bond motifs is 1. The zero-order valence-corrected chi connectivity index (χ0v) is 35.6. The number of hydrogen-bond donors (Lipinski definition) is 4. The van der Waals surface area contributed by atoms with Gasteiger partial charge < -0.3 is 15.1 Å². The van der Waals surface area contributed by atoms with E-state index < -0.39 is 11.9 Å². The van der Waals surface area contributed by atoms with E-state index in [1.807, 2.05) is 74.1 Å². The van der Waals surface area contributed by atoms with Crippen molar-refractivity contribution in [1.82, 2.24) is 24.9 Å². The first-order valence-corrected chi connectivity index (χ1v) is 21.1. The van der Waals surface area contributed by atoms with Crippen molar-refractivity contribution in [2.75, 3.05) is 36.4 Å². The number of hydrogen-bond acceptors (Lipinski definition) is 10. The molecule has 59 heavy (non-hydrogen) atoms. The van der Waals surface area contributed by atoms with Gasteiger partial charge in [-0.1, -0.05) is 61.1 Å². The number of amides is 3. The van der Waals surface area contributed by atoms with Gasteiger partial charge in [-0.3, -0.25) is 45.1 Å². The number of thiophene rings is 1. The fourth-order valence-corrected chi connectivity index (χ4v) is 9.03. The summed E-state index contributed by atoms with van der Waals surface area (Å²) in [5, 5.41) is 29.1. The maximum Gasteiger partial charge on any atom is 0.249 e. The molecule has 2 aromatic heterocycles. The van der Waals surface area contributed by atoms with Gasteiger partial charge in [0, 0.05) is 60.3 Å². The monoisotopic (exact) mass is 834 g/mol. The summed E-state index contributed by atoms with van der Waals surface area (Å²) in [4.78, 5) is 47.1. The van der Waals surface area contributed by atoms with E-state index in [1.54, 1.807) is 18.0 Å². The number of rotatable bonds is 15. The Morgan fingerprint density at radius 3 is 2.58 bits per heavy atom. The molecule has 4 heterocycles. The number of anilines is 2. The number of benzene rings is 2. The Hall–Kier alpha value is -5.62. The maximum atomic E-state index is 12.6. The molecule has 6 rings (SSSR count). The molecule has 2 aromatic carbocycles. The predicted octanol–water partition coefficient (Wildman–Crippen LogP) is 6.61. The highest BCUT2D eigenvalue weighted by Gasteiger charge is 2.30. The quantitative estimate of drug-likeness (QED) is 0.0453. The van der Waals surface area contributed by atoms with Crippen LogP contribution in [-0.4, -0.2) is 94.0 Å². The summed E-state index contributed by atoms with van der Waals surface area (Å²) in [7, 11) is 0. The van der Waals surface area contributed by atoms with Crippen LogP contribution in [0, 0.1) is 36.5 Å². The Kier molecular flexibility index (Phi) is 14.5. The molecular weight excluding hydrogens is 784 g/mol. The maximum absolute atomic E-state index is 12.6. The number of amidine groups is 2. The van der Waals surface area contributed by atoms with E-state index in [1.165, 1.54) is 16.2 Å². The summed E-state index contributed by atoms with van der Waals surface area (Å²) < 4.78 is 1.94. The van der Waals surface area contributed by atoms with Crippen molar-refractivity contribution >= 4 is 69.7 Å². The lowest BCUT2D eigenvalue weighted by Crippen LogP contribution is -2.46. The molecule has 1 unspecified atom stereocenters. The zero-order valence-electron chi connectivity index (χ0n) is 34.0. The Morgan fingerprint density at radius 1 is 1.12 bits per heavy atom. The predicted molar refractivity (Wildman–Crippen MR) is 236 cm³/mol. The SMILES string of the molecule is CCCC(C(=O)NC=O)N(C=O)Cc1c(C)cccc1NC1CCN(CCCn2cc(C#Cc3sc4c(c3C)C(c3ccc(Cl)cc3)=NCC(=N)N4C(C)=N)cn2)CC1. The Bertz CT molecular complexity index is 2280. The van der Waals surface area contributed by atoms with Gasteiger partial charge in [0.15, 0.2) is 0 Å². The molecule has 0 saturated carbocycles. The van der Waals surface area contributed by atoms with E-state index in [2.05, 4.69) is 32.5 Å².